The topological polar surface area (TPSA) is 34.4 Å². The zero-order valence-corrected chi connectivity index (χ0v) is 13.0. The van der Waals surface area contributed by atoms with Gasteiger partial charge in [-0.05, 0) is 56.3 Å². The van der Waals surface area contributed by atoms with Crippen molar-refractivity contribution in [1.82, 2.24) is 5.32 Å². The molecule has 0 saturated heterocycles. The summed E-state index contributed by atoms with van der Waals surface area (Å²) in [6.07, 6.45) is 0. The van der Waals surface area contributed by atoms with Gasteiger partial charge in [-0.2, -0.15) is 0 Å². The van der Waals surface area contributed by atoms with Crippen LogP contribution in [0.5, 0.6) is 5.75 Å². The Kier molecular flexibility index (Phi) is 4.66. The third-order valence-corrected chi connectivity index (χ3v) is 3.41. The average molecular weight is 324 g/mol. The van der Waals surface area contributed by atoms with Gasteiger partial charge in [0.1, 0.15) is 23.9 Å². The second-order valence-electron chi connectivity index (χ2n) is 4.55. The van der Waals surface area contributed by atoms with E-state index < -0.39 is 0 Å². The minimum absolute atomic E-state index is 0.451. The van der Waals surface area contributed by atoms with Crippen molar-refractivity contribution in [2.75, 3.05) is 7.05 Å². The molecule has 1 aromatic carbocycles. The third kappa shape index (κ3) is 3.61. The largest absolute Gasteiger partial charge is 0.485 e. The maximum atomic E-state index is 5.79. The van der Waals surface area contributed by atoms with Gasteiger partial charge in [-0.3, -0.25) is 0 Å². The fourth-order valence-corrected chi connectivity index (χ4v) is 2.40. The van der Waals surface area contributed by atoms with Crippen LogP contribution in [0.15, 0.2) is 33.2 Å². The first-order valence-electron chi connectivity index (χ1n) is 6.22. The van der Waals surface area contributed by atoms with E-state index in [2.05, 4.69) is 21.2 Å². The molecule has 0 aliphatic carbocycles. The molecular weight excluding hydrogens is 306 g/mol. The monoisotopic (exact) mass is 323 g/mol. The molecule has 1 heterocycles. The highest BCUT2D eigenvalue weighted by Crippen LogP contribution is 2.24. The van der Waals surface area contributed by atoms with Crippen LogP contribution in [-0.4, -0.2) is 7.05 Å². The summed E-state index contributed by atoms with van der Waals surface area (Å²) in [4.78, 5) is 0. The molecular formula is C15H18BrNO2. The second-order valence-corrected chi connectivity index (χ2v) is 5.46. The molecule has 102 valence electrons. The number of aryl methyl sites for hydroxylation is 2. The summed E-state index contributed by atoms with van der Waals surface area (Å²) in [5.41, 5.74) is 2.26. The first-order chi connectivity index (χ1) is 9.10. The minimum atomic E-state index is 0.451. The van der Waals surface area contributed by atoms with Crippen molar-refractivity contribution < 1.29 is 9.15 Å². The summed E-state index contributed by atoms with van der Waals surface area (Å²) in [6, 6.07) is 8.00. The zero-order chi connectivity index (χ0) is 13.8. The van der Waals surface area contributed by atoms with E-state index in [9.17, 15) is 0 Å². The molecule has 1 N–H and O–H groups in total. The fraction of sp³-hybridized carbons (Fsp3) is 0.333. The van der Waals surface area contributed by atoms with E-state index >= 15 is 0 Å². The lowest BCUT2D eigenvalue weighted by Crippen LogP contribution is -2.04. The summed E-state index contributed by atoms with van der Waals surface area (Å²) < 4.78 is 12.6. The fourth-order valence-electron chi connectivity index (χ4n) is 1.92. The van der Waals surface area contributed by atoms with Crippen LogP contribution in [0.3, 0.4) is 0 Å². The quantitative estimate of drug-likeness (QED) is 0.904. The molecule has 0 bridgehead atoms. The van der Waals surface area contributed by atoms with Gasteiger partial charge in [0, 0.05) is 4.47 Å². The van der Waals surface area contributed by atoms with Crippen molar-refractivity contribution >= 4 is 15.9 Å². The number of rotatable bonds is 5. The molecule has 1 aromatic heterocycles. The number of ether oxygens (including phenoxy) is 1. The molecule has 0 atom stereocenters. The van der Waals surface area contributed by atoms with E-state index in [1.807, 2.05) is 45.2 Å². The van der Waals surface area contributed by atoms with Gasteiger partial charge < -0.3 is 14.5 Å². The van der Waals surface area contributed by atoms with Crippen LogP contribution in [0, 0.1) is 13.8 Å². The number of furan rings is 1. The smallest absolute Gasteiger partial charge is 0.146 e. The first-order valence-corrected chi connectivity index (χ1v) is 7.01. The van der Waals surface area contributed by atoms with Gasteiger partial charge in [0.2, 0.25) is 0 Å². The number of hydrogen-bond acceptors (Lipinski definition) is 3. The molecule has 0 aliphatic rings. The van der Waals surface area contributed by atoms with Crippen LogP contribution in [-0.2, 0) is 13.2 Å². The SMILES string of the molecule is CNCc1oc(COc2ccc(Br)cc2C)cc1C. The number of nitrogens with one attached hydrogen (secondary N) is 1. The normalized spacial score (nSPS) is 10.7. The molecule has 0 unspecified atom stereocenters. The predicted molar refractivity (Wildman–Crippen MR) is 79.4 cm³/mol. The van der Waals surface area contributed by atoms with E-state index in [0.717, 1.165) is 39.4 Å². The van der Waals surface area contributed by atoms with Crippen molar-refractivity contribution in [3.63, 3.8) is 0 Å². The molecule has 4 heteroatoms. The van der Waals surface area contributed by atoms with Gasteiger partial charge in [0.25, 0.3) is 0 Å². The number of halogens is 1. The van der Waals surface area contributed by atoms with Gasteiger partial charge >= 0.3 is 0 Å². The minimum Gasteiger partial charge on any atom is -0.485 e. The van der Waals surface area contributed by atoms with E-state index in [1.54, 1.807) is 0 Å². The Bertz CT molecular complexity index is 563. The lowest BCUT2D eigenvalue weighted by molar-refractivity contribution is 0.264. The molecule has 0 spiro atoms. The van der Waals surface area contributed by atoms with Crippen LogP contribution >= 0.6 is 15.9 Å². The average Bonchev–Trinajstić information content (AvgIpc) is 2.70. The van der Waals surface area contributed by atoms with E-state index in [0.29, 0.717) is 6.61 Å². The Balaban J connectivity index is 2.04. The second kappa shape index (κ2) is 6.26. The zero-order valence-electron chi connectivity index (χ0n) is 11.4. The van der Waals surface area contributed by atoms with Crippen molar-refractivity contribution in [2.24, 2.45) is 0 Å². The van der Waals surface area contributed by atoms with Crippen LogP contribution in [0.25, 0.3) is 0 Å². The van der Waals surface area contributed by atoms with E-state index in [1.165, 1.54) is 0 Å². The maximum Gasteiger partial charge on any atom is 0.146 e. The summed E-state index contributed by atoms with van der Waals surface area (Å²) in [7, 11) is 1.91. The Morgan fingerprint density at radius 2 is 2.00 bits per heavy atom. The Morgan fingerprint density at radius 3 is 2.68 bits per heavy atom. The van der Waals surface area contributed by atoms with Crippen molar-refractivity contribution in [3.05, 3.63) is 51.4 Å². The van der Waals surface area contributed by atoms with Crippen molar-refractivity contribution in [2.45, 2.75) is 27.0 Å². The van der Waals surface area contributed by atoms with Gasteiger partial charge in [-0.1, -0.05) is 15.9 Å². The van der Waals surface area contributed by atoms with Gasteiger partial charge in [-0.25, -0.2) is 0 Å². The molecule has 0 radical (unpaired) electrons. The summed E-state index contributed by atoms with van der Waals surface area (Å²) in [5.74, 6) is 2.70. The molecule has 0 saturated carbocycles. The summed E-state index contributed by atoms with van der Waals surface area (Å²) in [5, 5.41) is 3.09. The van der Waals surface area contributed by atoms with Crippen LogP contribution < -0.4 is 10.1 Å². The summed E-state index contributed by atoms with van der Waals surface area (Å²) in [6.45, 7) is 5.26. The van der Waals surface area contributed by atoms with E-state index in [-0.39, 0.29) is 0 Å². The first kappa shape index (κ1) is 14.2. The molecule has 0 amide bonds. The van der Waals surface area contributed by atoms with Crippen LogP contribution in [0.4, 0.5) is 0 Å². The van der Waals surface area contributed by atoms with Crippen LogP contribution in [0.2, 0.25) is 0 Å². The van der Waals surface area contributed by atoms with Crippen LogP contribution in [0.1, 0.15) is 22.6 Å². The predicted octanol–water partition coefficient (Wildman–Crippen LogP) is 3.96. The highest BCUT2D eigenvalue weighted by Gasteiger charge is 2.08. The lowest BCUT2D eigenvalue weighted by atomic mass is 10.2. The Labute approximate surface area is 122 Å². The highest BCUT2D eigenvalue weighted by molar-refractivity contribution is 9.10. The Hall–Kier alpha value is -1.26. The van der Waals surface area contributed by atoms with Crippen molar-refractivity contribution in [1.29, 1.82) is 0 Å². The van der Waals surface area contributed by atoms with Gasteiger partial charge in [-0.15, -0.1) is 0 Å². The molecule has 3 nitrogen and oxygen atoms in total. The van der Waals surface area contributed by atoms with E-state index in [4.69, 9.17) is 9.15 Å². The number of hydrogen-bond donors (Lipinski definition) is 1. The molecule has 19 heavy (non-hydrogen) atoms. The van der Waals surface area contributed by atoms with Crippen molar-refractivity contribution in [3.8, 4) is 5.75 Å². The lowest BCUT2D eigenvalue weighted by Gasteiger charge is -2.07. The molecule has 2 aromatic rings. The molecule has 0 fully saturated rings. The highest BCUT2D eigenvalue weighted by atomic mass is 79.9. The number of benzene rings is 1. The molecule has 2 rings (SSSR count). The standard InChI is InChI=1S/C15H18BrNO2/c1-10-6-12(16)4-5-14(10)18-9-13-7-11(2)15(19-13)8-17-3/h4-7,17H,8-9H2,1-3H3. The third-order valence-electron chi connectivity index (χ3n) is 2.92. The summed E-state index contributed by atoms with van der Waals surface area (Å²) >= 11 is 3.44. The van der Waals surface area contributed by atoms with Gasteiger partial charge in [0.15, 0.2) is 0 Å². The van der Waals surface area contributed by atoms with Gasteiger partial charge in [0.05, 0.1) is 6.54 Å². The molecule has 0 aliphatic heterocycles. The Morgan fingerprint density at radius 1 is 1.21 bits per heavy atom. The maximum absolute atomic E-state index is 5.79.